The lowest BCUT2D eigenvalue weighted by Gasteiger charge is -2.29. The van der Waals surface area contributed by atoms with Crippen molar-refractivity contribution in [3.63, 3.8) is 0 Å². The van der Waals surface area contributed by atoms with Gasteiger partial charge in [-0.05, 0) is 50.1 Å². The fraction of sp³-hybridized carbons (Fsp3) is 0.318. The number of carbonyl (C=O) groups excluding carboxylic acids is 1. The highest BCUT2D eigenvalue weighted by molar-refractivity contribution is 6.30. The van der Waals surface area contributed by atoms with Crippen molar-refractivity contribution in [3.8, 4) is 11.4 Å². The first-order chi connectivity index (χ1) is 13.5. The third-order valence-electron chi connectivity index (χ3n) is 4.69. The second kappa shape index (κ2) is 9.02. The van der Waals surface area contributed by atoms with Gasteiger partial charge in [0.15, 0.2) is 0 Å². The maximum atomic E-state index is 13.3. The molecule has 0 saturated carbocycles. The number of halogens is 1. The molecule has 0 aliphatic rings. The molecule has 0 bridgehead atoms. The average molecular weight is 398 g/mol. The number of hydrogen-bond donors (Lipinski definition) is 0. The van der Waals surface area contributed by atoms with Gasteiger partial charge < -0.3 is 9.42 Å². The van der Waals surface area contributed by atoms with Gasteiger partial charge in [-0.2, -0.15) is 4.98 Å². The minimum absolute atomic E-state index is 0.0103. The van der Waals surface area contributed by atoms with Gasteiger partial charge in [-0.1, -0.05) is 54.0 Å². The molecule has 1 aromatic heterocycles. The Hall–Kier alpha value is -2.66. The van der Waals surface area contributed by atoms with Crippen LogP contribution < -0.4 is 0 Å². The van der Waals surface area contributed by atoms with E-state index in [0.717, 1.165) is 17.5 Å². The standard InChI is InChI=1S/C22H24ClN3O2/c1-4-19(16-8-6-5-7-9-16)22(27)26(15(2)3)14-20-24-21(25-28-20)17-10-12-18(23)13-11-17/h5-13,15,19H,4,14H2,1-3H3/t19-/m0/s1. The predicted molar refractivity (Wildman–Crippen MR) is 110 cm³/mol. The van der Waals surface area contributed by atoms with Gasteiger partial charge in [-0.25, -0.2) is 0 Å². The van der Waals surface area contributed by atoms with Gasteiger partial charge in [-0.3, -0.25) is 4.79 Å². The Kier molecular flexibility index (Phi) is 6.47. The van der Waals surface area contributed by atoms with E-state index in [1.165, 1.54) is 0 Å². The maximum absolute atomic E-state index is 13.3. The zero-order valence-electron chi connectivity index (χ0n) is 16.3. The summed E-state index contributed by atoms with van der Waals surface area (Å²) in [5, 5.41) is 4.69. The molecule has 146 valence electrons. The molecular formula is C22H24ClN3O2. The van der Waals surface area contributed by atoms with Gasteiger partial charge in [0.2, 0.25) is 17.6 Å². The zero-order chi connectivity index (χ0) is 20.1. The Bertz CT molecular complexity index is 907. The fourth-order valence-corrected chi connectivity index (χ4v) is 3.26. The Morgan fingerprint density at radius 3 is 2.39 bits per heavy atom. The number of benzene rings is 2. The molecule has 1 atom stereocenters. The van der Waals surface area contributed by atoms with Crippen molar-refractivity contribution in [2.45, 2.75) is 45.7 Å². The fourth-order valence-electron chi connectivity index (χ4n) is 3.13. The monoisotopic (exact) mass is 397 g/mol. The van der Waals surface area contributed by atoms with Crippen LogP contribution in [0, 0.1) is 0 Å². The lowest BCUT2D eigenvalue weighted by molar-refractivity contribution is -0.135. The summed E-state index contributed by atoms with van der Waals surface area (Å²) in [5.74, 6) is 0.769. The molecular weight excluding hydrogens is 374 g/mol. The first-order valence-electron chi connectivity index (χ1n) is 9.43. The Balaban J connectivity index is 1.79. The molecule has 6 heteroatoms. The number of amides is 1. The van der Waals surface area contributed by atoms with Crippen molar-refractivity contribution in [2.75, 3.05) is 0 Å². The van der Waals surface area contributed by atoms with Crippen LogP contribution in [-0.4, -0.2) is 27.0 Å². The molecule has 5 nitrogen and oxygen atoms in total. The number of aromatic nitrogens is 2. The molecule has 1 heterocycles. The van der Waals surface area contributed by atoms with Gasteiger partial charge in [0.25, 0.3) is 0 Å². The third kappa shape index (κ3) is 4.60. The summed E-state index contributed by atoms with van der Waals surface area (Å²) in [5.41, 5.74) is 1.84. The normalized spacial score (nSPS) is 12.2. The number of nitrogens with zero attached hydrogens (tertiary/aromatic N) is 3. The van der Waals surface area contributed by atoms with E-state index in [9.17, 15) is 4.79 Å². The molecule has 0 saturated heterocycles. The maximum Gasteiger partial charge on any atom is 0.246 e. The summed E-state index contributed by atoms with van der Waals surface area (Å²) in [6.07, 6.45) is 0.728. The van der Waals surface area contributed by atoms with Gasteiger partial charge in [0.05, 0.1) is 5.92 Å². The van der Waals surface area contributed by atoms with Gasteiger partial charge in [-0.15, -0.1) is 0 Å². The molecule has 0 fully saturated rings. The first kappa shape index (κ1) is 20.1. The molecule has 0 unspecified atom stereocenters. The quantitative estimate of drug-likeness (QED) is 0.541. The molecule has 0 aliphatic heterocycles. The lowest BCUT2D eigenvalue weighted by atomic mass is 9.94. The van der Waals surface area contributed by atoms with E-state index in [1.54, 1.807) is 17.0 Å². The average Bonchev–Trinajstić information content (AvgIpc) is 3.16. The summed E-state index contributed by atoms with van der Waals surface area (Å²) in [4.78, 5) is 19.5. The van der Waals surface area contributed by atoms with Crippen molar-refractivity contribution >= 4 is 17.5 Å². The second-order valence-electron chi connectivity index (χ2n) is 6.95. The van der Waals surface area contributed by atoms with E-state index in [-0.39, 0.29) is 24.4 Å². The smallest absolute Gasteiger partial charge is 0.246 e. The second-order valence-corrected chi connectivity index (χ2v) is 7.39. The van der Waals surface area contributed by atoms with Crippen molar-refractivity contribution in [3.05, 3.63) is 71.1 Å². The van der Waals surface area contributed by atoms with Gasteiger partial charge in [0, 0.05) is 16.6 Å². The molecule has 0 aliphatic carbocycles. The highest BCUT2D eigenvalue weighted by atomic mass is 35.5. The van der Waals surface area contributed by atoms with E-state index in [1.807, 2.05) is 63.2 Å². The summed E-state index contributed by atoms with van der Waals surface area (Å²) < 4.78 is 5.41. The molecule has 0 radical (unpaired) electrons. The van der Waals surface area contributed by atoms with Gasteiger partial charge in [0.1, 0.15) is 6.54 Å². The van der Waals surface area contributed by atoms with Crippen LogP contribution in [0.5, 0.6) is 0 Å². The number of hydrogen-bond acceptors (Lipinski definition) is 4. The summed E-state index contributed by atoms with van der Waals surface area (Å²) in [6.45, 7) is 6.29. The molecule has 2 aromatic carbocycles. The SMILES string of the molecule is CC[C@H](C(=O)N(Cc1nc(-c2ccc(Cl)cc2)no1)C(C)C)c1ccccc1. The Labute approximate surface area is 170 Å². The molecule has 0 N–H and O–H groups in total. The van der Waals surface area contributed by atoms with Crippen molar-refractivity contribution in [1.82, 2.24) is 15.0 Å². The molecule has 0 spiro atoms. The minimum Gasteiger partial charge on any atom is -0.337 e. The highest BCUT2D eigenvalue weighted by Gasteiger charge is 2.27. The Morgan fingerprint density at radius 2 is 1.79 bits per heavy atom. The topological polar surface area (TPSA) is 59.2 Å². The van der Waals surface area contributed by atoms with Crippen LogP contribution in [-0.2, 0) is 11.3 Å². The van der Waals surface area contributed by atoms with Crippen molar-refractivity contribution in [2.24, 2.45) is 0 Å². The minimum atomic E-state index is -0.192. The zero-order valence-corrected chi connectivity index (χ0v) is 17.1. The number of carbonyl (C=O) groups is 1. The van der Waals surface area contributed by atoms with Crippen LogP contribution >= 0.6 is 11.6 Å². The van der Waals surface area contributed by atoms with Crippen LogP contribution in [0.2, 0.25) is 5.02 Å². The predicted octanol–water partition coefficient (Wildman–Crippen LogP) is 5.32. The van der Waals surface area contributed by atoms with E-state index in [0.29, 0.717) is 16.7 Å². The molecule has 3 rings (SSSR count). The first-order valence-corrected chi connectivity index (χ1v) is 9.81. The van der Waals surface area contributed by atoms with Crippen molar-refractivity contribution < 1.29 is 9.32 Å². The van der Waals surface area contributed by atoms with Gasteiger partial charge >= 0.3 is 0 Å². The summed E-state index contributed by atoms with van der Waals surface area (Å²) >= 11 is 5.93. The van der Waals surface area contributed by atoms with E-state index < -0.39 is 0 Å². The molecule has 1 amide bonds. The lowest BCUT2D eigenvalue weighted by Crippen LogP contribution is -2.39. The van der Waals surface area contributed by atoms with Crippen LogP contribution in [0.1, 0.15) is 44.6 Å². The Morgan fingerprint density at radius 1 is 1.11 bits per heavy atom. The van der Waals surface area contributed by atoms with Crippen LogP contribution in [0.25, 0.3) is 11.4 Å². The molecule has 28 heavy (non-hydrogen) atoms. The van der Waals surface area contributed by atoms with E-state index >= 15 is 0 Å². The largest absolute Gasteiger partial charge is 0.337 e. The number of rotatable bonds is 7. The highest BCUT2D eigenvalue weighted by Crippen LogP contribution is 2.25. The third-order valence-corrected chi connectivity index (χ3v) is 4.94. The van der Waals surface area contributed by atoms with Crippen molar-refractivity contribution in [1.29, 1.82) is 0 Å². The van der Waals surface area contributed by atoms with Crippen LogP contribution in [0.4, 0.5) is 0 Å². The summed E-state index contributed by atoms with van der Waals surface area (Å²) in [7, 11) is 0. The molecule has 3 aromatic rings. The van der Waals surface area contributed by atoms with E-state index in [4.69, 9.17) is 16.1 Å². The van der Waals surface area contributed by atoms with E-state index in [2.05, 4.69) is 10.1 Å². The van der Waals surface area contributed by atoms with Crippen LogP contribution in [0.15, 0.2) is 59.1 Å². The van der Waals surface area contributed by atoms with Crippen LogP contribution in [0.3, 0.4) is 0 Å². The summed E-state index contributed by atoms with van der Waals surface area (Å²) in [6, 6.07) is 17.1.